The molecule has 0 fully saturated rings. The van der Waals surface area contributed by atoms with Crippen molar-refractivity contribution in [2.24, 2.45) is 0 Å². The predicted octanol–water partition coefficient (Wildman–Crippen LogP) is 5.41. The van der Waals surface area contributed by atoms with Crippen LogP contribution < -0.4 is 5.32 Å². The number of aryl methyl sites for hydroxylation is 1. The fourth-order valence-corrected chi connectivity index (χ4v) is 3.55. The van der Waals surface area contributed by atoms with Gasteiger partial charge in [-0.25, -0.2) is 9.37 Å². The van der Waals surface area contributed by atoms with Crippen molar-refractivity contribution in [3.05, 3.63) is 78.1 Å². The van der Waals surface area contributed by atoms with E-state index in [0.29, 0.717) is 0 Å². The van der Waals surface area contributed by atoms with Crippen LogP contribution in [-0.2, 0) is 4.79 Å². The lowest BCUT2D eigenvalue weighted by atomic mass is 10.2. The highest BCUT2D eigenvalue weighted by molar-refractivity contribution is 8.00. The van der Waals surface area contributed by atoms with Gasteiger partial charge in [-0.3, -0.25) is 4.79 Å². The van der Waals surface area contributed by atoms with Gasteiger partial charge in [-0.05, 0) is 73.2 Å². The summed E-state index contributed by atoms with van der Waals surface area (Å²) in [5, 5.41) is 2.87. The van der Waals surface area contributed by atoms with E-state index in [1.807, 2.05) is 43.3 Å². The molecule has 0 radical (unpaired) electrons. The Morgan fingerprint density at radius 3 is 2.57 bits per heavy atom. The van der Waals surface area contributed by atoms with Crippen molar-refractivity contribution < 1.29 is 9.18 Å². The van der Waals surface area contributed by atoms with Crippen molar-refractivity contribution >= 4 is 34.4 Å². The highest BCUT2D eigenvalue weighted by Crippen LogP contribution is 2.23. The fraction of sp³-hybridized carbons (Fsp3) is 0.0909. The molecule has 140 valence electrons. The highest BCUT2D eigenvalue weighted by atomic mass is 32.2. The average molecular weight is 391 g/mol. The lowest BCUT2D eigenvalue weighted by molar-refractivity contribution is -0.113. The first-order chi connectivity index (χ1) is 13.6. The van der Waals surface area contributed by atoms with Crippen molar-refractivity contribution in [1.29, 1.82) is 0 Å². The lowest BCUT2D eigenvalue weighted by Crippen LogP contribution is -2.13. The number of aromatic nitrogens is 2. The molecule has 0 saturated carbocycles. The van der Waals surface area contributed by atoms with Gasteiger partial charge in [-0.2, -0.15) is 0 Å². The third kappa shape index (κ3) is 4.23. The molecule has 0 saturated heterocycles. The van der Waals surface area contributed by atoms with E-state index in [2.05, 4.69) is 21.4 Å². The summed E-state index contributed by atoms with van der Waals surface area (Å²) in [5.74, 6) is 0.663. The summed E-state index contributed by atoms with van der Waals surface area (Å²) in [5.41, 5.74) is 4.79. The molecule has 6 heteroatoms. The van der Waals surface area contributed by atoms with Gasteiger partial charge in [0.2, 0.25) is 5.91 Å². The molecule has 0 aliphatic rings. The molecule has 28 heavy (non-hydrogen) atoms. The molecule has 0 aliphatic heterocycles. The minimum absolute atomic E-state index is 0.110. The van der Waals surface area contributed by atoms with Gasteiger partial charge in [-0.15, -0.1) is 11.8 Å². The Balaban J connectivity index is 1.39. The molecule has 0 atom stereocenters. The molecule has 1 aromatic heterocycles. The Kier molecular flexibility index (Phi) is 5.12. The van der Waals surface area contributed by atoms with E-state index in [9.17, 15) is 9.18 Å². The molecule has 0 bridgehead atoms. The van der Waals surface area contributed by atoms with Crippen molar-refractivity contribution in [1.82, 2.24) is 9.97 Å². The maximum absolute atomic E-state index is 12.9. The van der Waals surface area contributed by atoms with E-state index in [4.69, 9.17) is 0 Å². The Labute approximate surface area is 166 Å². The predicted molar refractivity (Wildman–Crippen MR) is 112 cm³/mol. The summed E-state index contributed by atoms with van der Waals surface area (Å²) in [4.78, 5) is 20.9. The lowest BCUT2D eigenvalue weighted by Gasteiger charge is -2.06. The van der Waals surface area contributed by atoms with Crippen LogP contribution in [0.1, 0.15) is 5.56 Å². The van der Waals surface area contributed by atoms with Gasteiger partial charge >= 0.3 is 0 Å². The molecule has 2 N–H and O–H groups in total. The van der Waals surface area contributed by atoms with Crippen LogP contribution in [-0.4, -0.2) is 21.6 Å². The summed E-state index contributed by atoms with van der Waals surface area (Å²) in [6, 6.07) is 19.8. The average Bonchev–Trinajstić information content (AvgIpc) is 3.11. The van der Waals surface area contributed by atoms with Crippen molar-refractivity contribution in [3.8, 4) is 11.4 Å². The van der Waals surface area contributed by atoms with Crippen LogP contribution in [0, 0.1) is 12.7 Å². The topological polar surface area (TPSA) is 57.8 Å². The number of halogens is 1. The number of nitrogens with zero attached hydrogens (tertiary/aromatic N) is 1. The monoisotopic (exact) mass is 391 g/mol. The van der Waals surface area contributed by atoms with Crippen LogP contribution in [0.15, 0.2) is 71.6 Å². The van der Waals surface area contributed by atoms with Gasteiger partial charge in [0, 0.05) is 16.1 Å². The van der Waals surface area contributed by atoms with Crippen molar-refractivity contribution in [3.63, 3.8) is 0 Å². The molecule has 0 unspecified atom stereocenters. The third-order valence-corrected chi connectivity index (χ3v) is 5.28. The zero-order valence-corrected chi connectivity index (χ0v) is 16.0. The van der Waals surface area contributed by atoms with Crippen LogP contribution >= 0.6 is 11.8 Å². The molecule has 4 aromatic rings. The molecule has 1 heterocycles. The minimum atomic E-state index is -0.284. The van der Waals surface area contributed by atoms with Gasteiger partial charge in [-0.1, -0.05) is 6.07 Å². The van der Waals surface area contributed by atoms with Crippen molar-refractivity contribution in [2.45, 2.75) is 11.8 Å². The standard InChI is InChI=1S/C22H18FN3OS/c1-14-2-11-19-20(12-14)26-22(25-19)15-3-7-17(8-4-15)24-21(27)13-28-18-9-5-16(23)6-10-18/h2-12H,13H2,1H3,(H,24,27)(H,25,26). The first-order valence-electron chi connectivity index (χ1n) is 8.82. The van der Waals surface area contributed by atoms with Gasteiger partial charge in [0.15, 0.2) is 0 Å². The van der Waals surface area contributed by atoms with E-state index >= 15 is 0 Å². The number of carbonyl (C=O) groups is 1. The van der Waals surface area contributed by atoms with E-state index in [-0.39, 0.29) is 17.5 Å². The van der Waals surface area contributed by atoms with Crippen LogP contribution in [0.2, 0.25) is 0 Å². The largest absolute Gasteiger partial charge is 0.338 e. The molecule has 0 spiro atoms. The molecular weight excluding hydrogens is 373 g/mol. The summed E-state index contributed by atoms with van der Waals surface area (Å²) in [6.45, 7) is 2.05. The Morgan fingerprint density at radius 1 is 1.07 bits per heavy atom. The van der Waals surface area contributed by atoms with E-state index in [0.717, 1.165) is 33.0 Å². The quantitative estimate of drug-likeness (QED) is 0.447. The fourth-order valence-electron chi connectivity index (χ4n) is 2.85. The number of nitrogens with one attached hydrogen (secondary N) is 2. The zero-order chi connectivity index (χ0) is 19.5. The number of aromatic amines is 1. The first-order valence-corrected chi connectivity index (χ1v) is 9.80. The number of anilines is 1. The highest BCUT2D eigenvalue weighted by Gasteiger charge is 2.07. The van der Waals surface area contributed by atoms with Gasteiger partial charge in [0.05, 0.1) is 16.8 Å². The zero-order valence-electron chi connectivity index (χ0n) is 15.2. The van der Waals surface area contributed by atoms with E-state index in [1.54, 1.807) is 12.1 Å². The van der Waals surface area contributed by atoms with Crippen LogP contribution in [0.25, 0.3) is 22.4 Å². The second-order valence-electron chi connectivity index (χ2n) is 6.47. The van der Waals surface area contributed by atoms with Gasteiger partial charge < -0.3 is 10.3 Å². The SMILES string of the molecule is Cc1ccc2nc(-c3ccc(NC(=O)CSc4ccc(F)cc4)cc3)[nH]c2c1. The number of rotatable bonds is 5. The smallest absolute Gasteiger partial charge is 0.234 e. The second kappa shape index (κ2) is 7.86. The number of thioether (sulfide) groups is 1. The number of carbonyl (C=O) groups excluding carboxylic acids is 1. The molecular formula is C22H18FN3OS. The first kappa shape index (κ1) is 18.3. The number of amides is 1. The number of fused-ring (bicyclic) bond motifs is 1. The Bertz CT molecular complexity index is 1120. The number of benzene rings is 3. The van der Waals surface area contributed by atoms with Crippen LogP contribution in [0.3, 0.4) is 0 Å². The summed E-state index contributed by atoms with van der Waals surface area (Å²) < 4.78 is 12.9. The number of hydrogen-bond acceptors (Lipinski definition) is 3. The maximum atomic E-state index is 12.9. The molecule has 4 nitrogen and oxygen atoms in total. The summed E-state index contributed by atoms with van der Waals surface area (Å²) in [7, 11) is 0. The molecule has 3 aromatic carbocycles. The number of hydrogen-bond donors (Lipinski definition) is 2. The van der Waals surface area contributed by atoms with Gasteiger partial charge in [0.25, 0.3) is 0 Å². The third-order valence-electron chi connectivity index (χ3n) is 4.26. The van der Waals surface area contributed by atoms with Crippen LogP contribution in [0.5, 0.6) is 0 Å². The maximum Gasteiger partial charge on any atom is 0.234 e. The van der Waals surface area contributed by atoms with Gasteiger partial charge in [0.1, 0.15) is 11.6 Å². The molecule has 4 rings (SSSR count). The van der Waals surface area contributed by atoms with E-state index < -0.39 is 0 Å². The normalized spacial score (nSPS) is 10.9. The Morgan fingerprint density at radius 2 is 1.82 bits per heavy atom. The number of imidazole rings is 1. The second-order valence-corrected chi connectivity index (χ2v) is 7.52. The van der Waals surface area contributed by atoms with Crippen LogP contribution in [0.4, 0.5) is 10.1 Å². The summed E-state index contributed by atoms with van der Waals surface area (Å²) in [6.07, 6.45) is 0. The minimum Gasteiger partial charge on any atom is -0.338 e. The van der Waals surface area contributed by atoms with E-state index in [1.165, 1.54) is 29.5 Å². The number of H-pyrrole nitrogens is 1. The molecule has 1 amide bonds. The van der Waals surface area contributed by atoms with Crippen molar-refractivity contribution in [2.75, 3.05) is 11.1 Å². The summed E-state index contributed by atoms with van der Waals surface area (Å²) >= 11 is 1.37. The Hall–Kier alpha value is -3.12. The molecule has 0 aliphatic carbocycles.